The molecule has 0 spiro atoms. The topological polar surface area (TPSA) is 66.5 Å². The zero-order chi connectivity index (χ0) is 8.32. The first kappa shape index (κ1) is 8.48. The molecule has 1 rings (SSSR count). The lowest BCUT2D eigenvalue weighted by atomic mass is 10.4. The second-order valence-corrected chi connectivity index (χ2v) is 4.05. The molecular weight excluding hydrogens is 168 g/mol. The fourth-order valence-corrected chi connectivity index (χ4v) is 2.07. The minimum Gasteiger partial charge on any atom is -0.278 e. The summed E-state index contributed by atoms with van der Waals surface area (Å²) < 4.78 is 25.1. The Hall–Kier alpha value is -0.620. The Balaban J connectivity index is 2.63. The minimum atomic E-state index is -3.49. The third-order valence-electron chi connectivity index (χ3n) is 1.60. The standard InChI is InChI=1S/C5H10N2O3S/c8-5-6-11(9,10)7-3-1-2-4-7/h5H,1-4H2,(H,6,8). The molecule has 0 unspecified atom stereocenters. The molecule has 1 heterocycles. The zero-order valence-corrected chi connectivity index (χ0v) is 6.80. The first-order valence-electron chi connectivity index (χ1n) is 3.38. The van der Waals surface area contributed by atoms with Gasteiger partial charge in [0.2, 0.25) is 6.41 Å². The first-order chi connectivity index (χ1) is 5.17. The van der Waals surface area contributed by atoms with Crippen LogP contribution in [-0.2, 0) is 15.0 Å². The van der Waals surface area contributed by atoms with E-state index in [1.54, 1.807) is 4.72 Å². The molecular formula is C5H10N2O3S. The number of carbonyl (C=O) groups excluding carboxylic acids is 1. The van der Waals surface area contributed by atoms with Crippen molar-refractivity contribution in [3.63, 3.8) is 0 Å². The van der Waals surface area contributed by atoms with Gasteiger partial charge in [-0.05, 0) is 12.8 Å². The van der Waals surface area contributed by atoms with Crippen LogP contribution in [0, 0.1) is 0 Å². The Kier molecular flexibility index (Phi) is 2.45. The molecule has 0 atom stereocenters. The zero-order valence-electron chi connectivity index (χ0n) is 5.99. The van der Waals surface area contributed by atoms with Gasteiger partial charge in [0, 0.05) is 13.1 Å². The van der Waals surface area contributed by atoms with Crippen molar-refractivity contribution < 1.29 is 13.2 Å². The van der Waals surface area contributed by atoms with Crippen LogP contribution >= 0.6 is 0 Å². The van der Waals surface area contributed by atoms with Crippen molar-refractivity contribution in [1.82, 2.24) is 9.03 Å². The molecule has 6 heteroatoms. The van der Waals surface area contributed by atoms with E-state index in [1.165, 1.54) is 4.31 Å². The minimum absolute atomic E-state index is 0.188. The maximum atomic E-state index is 11.0. The average molecular weight is 178 g/mol. The summed E-state index contributed by atoms with van der Waals surface area (Å²) in [7, 11) is -3.49. The molecule has 1 aliphatic rings. The van der Waals surface area contributed by atoms with Crippen LogP contribution in [0.15, 0.2) is 0 Å². The summed E-state index contributed by atoms with van der Waals surface area (Å²) in [5, 5.41) is 0. The van der Waals surface area contributed by atoms with Crippen molar-refractivity contribution in [1.29, 1.82) is 0 Å². The summed E-state index contributed by atoms with van der Waals surface area (Å²) in [6.45, 7) is 1.03. The smallest absolute Gasteiger partial charge is 0.278 e. The van der Waals surface area contributed by atoms with Gasteiger partial charge in [0.25, 0.3) is 0 Å². The van der Waals surface area contributed by atoms with Crippen molar-refractivity contribution in [3.05, 3.63) is 0 Å². The molecule has 1 fully saturated rings. The molecule has 0 aliphatic carbocycles. The average Bonchev–Trinajstić information content (AvgIpc) is 2.37. The Morgan fingerprint density at radius 1 is 1.27 bits per heavy atom. The number of hydrogen-bond acceptors (Lipinski definition) is 3. The summed E-state index contributed by atoms with van der Waals surface area (Å²) in [6.07, 6.45) is 1.94. The highest BCUT2D eigenvalue weighted by molar-refractivity contribution is 7.87. The molecule has 1 N–H and O–H groups in total. The van der Waals surface area contributed by atoms with Gasteiger partial charge in [-0.2, -0.15) is 12.7 Å². The monoisotopic (exact) mass is 178 g/mol. The lowest BCUT2D eigenvalue weighted by Gasteiger charge is -2.12. The number of amides is 1. The molecule has 0 aromatic rings. The molecule has 0 bridgehead atoms. The Labute approximate surface area is 65.6 Å². The Morgan fingerprint density at radius 2 is 1.82 bits per heavy atom. The molecule has 0 radical (unpaired) electrons. The van der Waals surface area contributed by atoms with Crippen LogP contribution in [0.4, 0.5) is 0 Å². The number of rotatable bonds is 3. The van der Waals surface area contributed by atoms with Gasteiger partial charge in [0.1, 0.15) is 0 Å². The van der Waals surface area contributed by atoms with E-state index in [9.17, 15) is 13.2 Å². The molecule has 1 amide bonds. The summed E-state index contributed by atoms with van der Waals surface area (Å²) in [5.41, 5.74) is 0. The van der Waals surface area contributed by atoms with Gasteiger partial charge in [-0.25, -0.2) is 4.72 Å². The van der Waals surface area contributed by atoms with Crippen LogP contribution in [0.1, 0.15) is 12.8 Å². The SMILES string of the molecule is O=CNS(=O)(=O)N1CCCC1. The largest absolute Gasteiger partial charge is 0.303 e. The normalized spacial score (nSPS) is 20.0. The van der Waals surface area contributed by atoms with Crippen molar-refractivity contribution in [3.8, 4) is 0 Å². The van der Waals surface area contributed by atoms with Crippen molar-refractivity contribution in [2.45, 2.75) is 12.8 Å². The van der Waals surface area contributed by atoms with Gasteiger partial charge in [-0.3, -0.25) is 4.79 Å². The second-order valence-electron chi connectivity index (χ2n) is 2.35. The molecule has 64 valence electrons. The Bertz CT molecular complexity index is 230. The third-order valence-corrected chi connectivity index (χ3v) is 3.04. The lowest BCUT2D eigenvalue weighted by molar-refractivity contribution is -0.108. The summed E-state index contributed by atoms with van der Waals surface area (Å²) in [5.74, 6) is 0. The van der Waals surface area contributed by atoms with E-state index in [4.69, 9.17) is 0 Å². The summed E-state index contributed by atoms with van der Waals surface area (Å²) >= 11 is 0. The van der Waals surface area contributed by atoms with Crippen LogP contribution in [0.3, 0.4) is 0 Å². The van der Waals surface area contributed by atoms with E-state index >= 15 is 0 Å². The van der Waals surface area contributed by atoms with E-state index in [1.807, 2.05) is 0 Å². The van der Waals surface area contributed by atoms with E-state index in [-0.39, 0.29) is 6.41 Å². The van der Waals surface area contributed by atoms with Gasteiger partial charge in [-0.15, -0.1) is 0 Å². The fraction of sp³-hybridized carbons (Fsp3) is 0.800. The highest BCUT2D eigenvalue weighted by Crippen LogP contribution is 2.10. The number of nitrogens with zero attached hydrogens (tertiary/aromatic N) is 1. The molecule has 1 saturated heterocycles. The van der Waals surface area contributed by atoms with E-state index in [0.29, 0.717) is 13.1 Å². The lowest BCUT2D eigenvalue weighted by Crippen LogP contribution is -2.37. The molecule has 5 nitrogen and oxygen atoms in total. The maximum Gasteiger partial charge on any atom is 0.303 e. The molecule has 0 aromatic heterocycles. The van der Waals surface area contributed by atoms with Crippen LogP contribution in [0.2, 0.25) is 0 Å². The quantitative estimate of drug-likeness (QED) is 0.568. The van der Waals surface area contributed by atoms with Crippen molar-refractivity contribution in [2.24, 2.45) is 0 Å². The number of nitrogens with one attached hydrogen (secondary N) is 1. The van der Waals surface area contributed by atoms with Gasteiger partial charge >= 0.3 is 10.2 Å². The second kappa shape index (κ2) is 3.19. The van der Waals surface area contributed by atoms with Crippen LogP contribution in [0.5, 0.6) is 0 Å². The highest BCUT2D eigenvalue weighted by Gasteiger charge is 2.23. The molecule has 0 aromatic carbocycles. The fourth-order valence-electron chi connectivity index (χ4n) is 1.06. The number of hydrogen-bond donors (Lipinski definition) is 1. The van der Waals surface area contributed by atoms with Crippen LogP contribution < -0.4 is 4.72 Å². The van der Waals surface area contributed by atoms with E-state index in [2.05, 4.69) is 0 Å². The van der Waals surface area contributed by atoms with Crippen LogP contribution in [-0.4, -0.2) is 32.2 Å². The molecule has 0 saturated carbocycles. The highest BCUT2D eigenvalue weighted by atomic mass is 32.2. The summed E-state index contributed by atoms with van der Waals surface area (Å²) in [4.78, 5) is 9.86. The third kappa shape index (κ3) is 1.90. The van der Waals surface area contributed by atoms with Gasteiger partial charge < -0.3 is 0 Å². The first-order valence-corrected chi connectivity index (χ1v) is 4.82. The van der Waals surface area contributed by atoms with Gasteiger partial charge in [0.05, 0.1) is 0 Å². The van der Waals surface area contributed by atoms with Gasteiger partial charge in [0.15, 0.2) is 0 Å². The maximum absolute atomic E-state index is 11.0. The Morgan fingerprint density at radius 3 is 2.27 bits per heavy atom. The molecule has 1 aliphatic heterocycles. The van der Waals surface area contributed by atoms with Crippen molar-refractivity contribution >= 4 is 16.6 Å². The van der Waals surface area contributed by atoms with E-state index in [0.717, 1.165) is 12.8 Å². The number of carbonyl (C=O) groups is 1. The van der Waals surface area contributed by atoms with Crippen molar-refractivity contribution in [2.75, 3.05) is 13.1 Å². The van der Waals surface area contributed by atoms with Gasteiger partial charge in [-0.1, -0.05) is 0 Å². The summed E-state index contributed by atoms with van der Waals surface area (Å²) in [6, 6.07) is 0. The molecule has 11 heavy (non-hydrogen) atoms. The van der Waals surface area contributed by atoms with E-state index < -0.39 is 10.2 Å². The van der Waals surface area contributed by atoms with Crippen LogP contribution in [0.25, 0.3) is 0 Å². The predicted octanol–water partition coefficient (Wildman–Crippen LogP) is -0.927. The predicted molar refractivity (Wildman–Crippen MR) is 38.9 cm³/mol.